The van der Waals surface area contributed by atoms with Crippen molar-refractivity contribution in [2.24, 2.45) is 0 Å². The van der Waals surface area contributed by atoms with Crippen molar-refractivity contribution in [2.75, 3.05) is 0 Å². The summed E-state index contributed by atoms with van der Waals surface area (Å²) in [7, 11) is 0. The van der Waals surface area contributed by atoms with Gasteiger partial charge in [-0.15, -0.1) is 10.2 Å². The first-order chi connectivity index (χ1) is 5.81. The van der Waals surface area contributed by atoms with E-state index in [-0.39, 0.29) is 0 Å². The van der Waals surface area contributed by atoms with E-state index in [2.05, 4.69) is 26.1 Å². The molecular formula is C7H4BrN3O. The van der Waals surface area contributed by atoms with Crippen LogP contribution >= 0.6 is 15.9 Å². The second kappa shape index (κ2) is 2.67. The first-order valence-corrected chi connectivity index (χ1v) is 4.06. The summed E-state index contributed by atoms with van der Waals surface area (Å²) in [6, 6.07) is 3.63. The van der Waals surface area contributed by atoms with Crippen molar-refractivity contribution < 1.29 is 4.79 Å². The van der Waals surface area contributed by atoms with Crippen LogP contribution in [0.4, 0.5) is 0 Å². The Labute approximate surface area is 76.4 Å². The van der Waals surface area contributed by atoms with Crippen LogP contribution < -0.4 is 0 Å². The van der Waals surface area contributed by atoms with Gasteiger partial charge in [0.15, 0.2) is 11.9 Å². The van der Waals surface area contributed by atoms with Crippen LogP contribution in [0.15, 0.2) is 22.8 Å². The SMILES string of the molecule is O=Cc1nnc2ccc(Br)cn12. The summed E-state index contributed by atoms with van der Waals surface area (Å²) < 4.78 is 2.51. The van der Waals surface area contributed by atoms with E-state index in [1.807, 2.05) is 6.07 Å². The van der Waals surface area contributed by atoms with Gasteiger partial charge < -0.3 is 0 Å². The first kappa shape index (κ1) is 7.42. The number of aromatic nitrogens is 3. The summed E-state index contributed by atoms with van der Waals surface area (Å²) in [5.74, 6) is 0.311. The highest BCUT2D eigenvalue weighted by Gasteiger charge is 2.02. The number of hydrogen-bond acceptors (Lipinski definition) is 3. The Hall–Kier alpha value is -1.23. The fraction of sp³-hybridized carbons (Fsp3) is 0. The normalized spacial score (nSPS) is 10.4. The lowest BCUT2D eigenvalue weighted by Crippen LogP contribution is -1.91. The fourth-order valence-corrected chi connectivity index (χ4v) is 1.30. The van der Waals surface area contributed by atoms with Crippen LogP contribution in [0.3, 0.4) is 0 Å². The molecule has 12 heavy (non-hydrogen) atoms. The van der Waals surface area contributed by atoms with Crippen LogP contribution in [0.2, 0.25) is 0 Å². The summed E-state index contributed by atoms with van der Waals surface area (Å²) in [4.78, 5) is 10.5. The highest BCUT2D eigenvalue weighted by atomic mass is 79.9. The van der Waals surface area contributed by atoms with Gasteiger partial charge in [0.2, 0.25) is 5.82 Å². The van der Waals surface area contributed by atoms with Gasteiger partial charge in [0.25, 0.3) is 0 Å². The highest BCUT2D eigenvalue weighted by molar-refractivity contribution is 9.10. The predicted molar refractivity (Wildman–Crippen MR) is 46.1 cm³/mol. The van der Waals surface area contributed by atoms with Crippen molar-refractivity contribution in [3.8, 4) is 0 Å². The zero-order valence-electron chi connectivity index (χ0n) is 5.94. The number of carbonyl (C=O) groups is 1. The van der Waals surface area contributed by atoms with Crippen LogP contribution in [0.25, 0.3) is 5.65 Å². The lowest BCUT2D eigenvalue weighted by atomic mass is 10.5. The quantitative estimate of drug-likeness (QED) is 0.688. The van der Waals surface area contributed by atoms with Gasteiger partial charge in [0.05, 0.1) is 0 Å². The molecule has 0 unspecified atom stereocenters. The second-order valence-corrected chi connectivity index (χ2v) is 3.17. The Kier molecular flexibility index (Phi) is 1.65. The topological polar surface area (TPSA) is 47.3 Å². The van der Waals surface area contributed by atoms with E-state index < -0.39 is 0 Å². The average Bonchev–Trinajstić information content (AvgIpc) is 2.46. The molecule has 0 aromatic carbocycles. The van der Waals surface area contributed by atoms with E-state index in [0.29, 0.717) is 17.8 Å². The van der Waals surface area contributed by atoms with Gasteiger partial charge in [-0.2, -0.15) is 0 Å². The van der Waals surface area contributed by atoms with Crippen LogP contribution in [0, 0.1) is 0 Å². The van der Waals surface area contributed by atoms with E-state index >= 15 is 0 Å². The van der Waals surface area contributed by atoms with Crippen molar-refractivity contribution in [1.82, 2.24) is 14.6 Å². The van der Waals surface area contributed by atoms with E-state index in [9.17, 15) is 4.79 Å². The van der Waals surface area contributed by atoms with E-state index in [4.69, 9.17) is 0 Å². The molecule has 0 aliphatic carbocycles. The fourth-order valence-electron chi connectivity index (χ4n) is 0.963. The summed E-state index contributed by atoms with van der Waals surface area (Å²) in [6.45, 7) is 0. The molecule has 0 fully saturated rings. The third-order valence-electron chi connectivity index (χ3n) is 1.50. The van der Waals surface area contributed by atoms with Gasteiger partial charge in [0, 0.05) is 10.7 Å². The molecule has 4 nitrogen and oxygen atoms in total. The molecule has 60 valence electrons. The van der Waals surface area contributed by atoms with Gasteiger partial charge in [-0.25, -0.2) is 0 Å². The Morgan fingerprint density at radius 2 is 2.25 bits per heavy atom. The molecule has 2 rings (SSSR count). The molecule has 0 aliphatic rings. The maximum atomic E-state index is 10.5. The smallest absolute Gasteiger partial charge is 0.201 e. The maximum absolute atomic E-state index is 10.5. The maximum Gasteiger partial charge on any atom is 0.201 e. The number of halogens is 1. The number of rotatable bonds is 1. The minimum atomic E-state index is 0.311. The van der Waals surface area contributed by atoms with Crippen molar-refractivity contribution >= 4 is 27.9 Å². The molecule has 2 heterocycles. The molecule has 0 saturated carbocycles. The predicted octanol–water partition coefficient (Wildman–Crippen LogP) is 1.30. The molecule has 0 aliphatic heterocycles. The molecule has 0 atom stereocenters. The van der Waals surface area contributed by atoms with Gasteiger partial charge >= 0.3 is 0 Å². The van der Waals surface area contributed by atoms with Crippen LogP contribution in [-0.2, 0) is 0 Å². The zero-order chi connectivity index (χ0) is 8.55. The van der Waals surface area contributed by atoms with Gasteiger partial charge in [-0.3, -0.25) is 9.20 Å². The minimum absolute atomic E-state index is 0.311. The molecular weight excluding hydrogens is 222 g/mol. The summed E-state index contributed by atoms with van der Waals surface area (Å²) >= 11 is 3.29. The summed E-state index contributed by atoms with van der Waals surface area (Å²) in [5, 5.41) is 7.47. The minimum Gasteiger partial charge on any atom is -0.294 e. The van der Waals surface area contributed by atoms with Gasteiger partial charge in [-0.05, 0) is 28.1 Å². The number of pyridine rings is 1. The Bertz CT molecular complexity index is 437. The molecule has 0 bridgehead atoms. The van der Waals surface area contributed by atoms with E-state index in [0.717, 1.165) is 4.47 Å². The first-order valence-electron chi connectivity index (χ1n) is 3.27. The molecule has 0 spiro atoms. The monoisotopic (exact) mass is 225 g/mol. The van der Waals surface area contributed by atoms with Gasteiger partial charge in [0.1, 0.15) is 0 Å². The van der Waals surface area contributed by atoms with Crippen molar-refractivity contribution in [2.45, 2.75) is 0 Å². The lowest BCUT2D eigenvalue weighted by Gasteiger charge is -1.92. The number of fused-ring (bicyclic) bond motifs is 1. The number of carbonyl (C=O) groups excluding carboxylic acids is 1. The van der Waals surface area contributed by atoms with Crippen LogP contribution in [0.1, 0.15) is 10.6 Å². The lowest BCUT2D eigenvalue weighted by molar-refractivity contribution is 0.111. The standard InChI is InChI=1S/C7H4BrN3O/c8-5-1-2-6-9-10-7(4-12)11(6)3-5/h1-4H. The summed E-state index contributed by atoms with van der Waals surface area (Å²) in [6.07, 6.45) is 2.42. The summed E-state index contributed by atoms with van der Waals surface area (Å²) in [5.41, 5.74) is 0.667. The third-order valence-corrected chi connectivity index (χ3v) is 1.97. The van der Waals surface area contributed by atoms with Crippen molar-refractivity contribution in [3.05, 3.63) is 28.6 Å². The largest absolute Gasteiger partial charge is 0.294 e. The number of hydrogen-bond donors (Lipinski definition) is 0. The van der Waals surface area contributed by atoms with Crippen LogP contribution in [0.5, 0.6) is 0 Å². The Balaban J connectivity index is 2.83. The van der Waals surface area contributed by atoms with Crippen molar-refractivity contribution in [3.63, 3.8) is 0 Å². The number of nitrogens with zero attached hydrogens (tertiary/aromatic N) is 3. The molecule has 2 aromatic rings. The third kappa shape index (κ3) is 1.02. The highest BCUT2D eigenvalue weighted by Crippen LogP contribution is 2.10. The molecule has 0 radical (unpaired) electrons. The van der Waals surface area contributed by atoms with Crippen molar-refractivity contribution in [1.29, 1.82) is 0 Å². The molecule has 0 amide bonds. The Morgan fingerprint density at radius 1 is 1.42 bits per heavy atom. The molecule has 0 saturated heterocycles. The Morgan fingerprint density at radius 3 is 3.00 bits per heavy atom. The second-order valence-electron chi connectivity index (χ2n) is 2.25. The molecule has 5 heteroatoms. The molecule has 2 aromatic heterocycles. The van der Waals surface area contributed by atoms with Gasteiger partial charge in [-0.1, -0.05) is 0 Å². The molecule has 0 N–H and O–H groups in total. The van der Waals surface area contributed by atoms with E-state index in [1.54, 1.807) is 16.7 Å². The van der Waals surface area contributed by atoms with E-state index in [1.165, 1.54) is 0 Å². The zero-order valence-corrected chi connectivity index (χ0v) is 7.52. The average molecular weight is 226 g/mol. The number of aldehydes is 1. The van der Waals surface area contributed by atoms with Crippen LogP contribution in [-0.4, -0.2) is 20.9 Å².